The SMILES string of the molecule is CCNCN(C(C)C)N(C)CC. The van der Waals surface area contributed by atoms with Crippen molar-refractivity contribution in [1.82, 2.24) is 15.3 Å². The third-order valence-corrected chi connectivity index (χ3v) is 2.02. The zero-order valence-electron chi connectivity index (χ0n) is 9.09. The van der Waals surface area contributed by atoms with Gasteiger partial charge in [0.05, 0.1) is 6.67 Å². The summed E-state index contributed by atoms with van der Waals surface area (Å²) >= 11 is 0. The van der Waals surface area contributed by atoms with Gasteiger partial charge in [0.1, 0.15) is 0 Å². The van der Waals surface area contributed by atoms with Gasteiger partial charge in [0.2, 0.25) is 0 Å². The lowest BCUT2D eigenvalue weighted by molar-refractivity contribution is -0.0306. The van der Waals surface area contributed by atoms with E-state index in [9.17, 15) is 0 Å². The molecule has 0 amide bonds. The highest BCUT2D eigenvalue weighted by Crippen LogP contribution is 1.99. The summed E-state index contributed by atoms with van der Waals surface area (Å²) in [4.78, 5) is 0. The Morgan fingerprint density at radius 1 is 1.25 bits per heavy atom. The van der Waals surface area contributed by atoms with Crippen LogP contribution in [0.1, 0.15) is 27.7 Å². The number of hydrogen-bond acceptors (Lipinski definition) is 3. The molecule has 0 radical (unpaired) electrons. The second kappa shape index (κ2) is 6.40. The van der Waals surface area contributed by atoms with Crippen LogP contribution < -0.4 is 5.32 Å². The molecule has 0 saturated carbocycles. The summed E-state index contributed by atoms with van der Waals surface area (Å²) in [6, 6.07) is 0.564. The van der Waals surface area contributed by atoms with Crippen LogP contribution in [-0.4, -0.2) is 42.9 Å². The van der Waals surface area contributed by atoms with E-state index < -0.39 is 0 Å². The Morgan fingerprint density at radius 3 is 2.17 bits per heavy atom. The van der Waals surface area contributed by atoms with Crippen molar-refractivity contribution in [3.8, 4) is 0 Å². The van der Waals surface area contributed by atoms with Crippen LogP contribution in [0.5, 0.6) is 0 Å². The summed E-state index contributed by atoms with van der Waals surface area (Å²) in [5.74, 6) is 0. The van der Waals surface area contributed by atoms with Gasteiger partial charge in [-0.1, -0.05) is 13.8 Å². The van der Waals surface area contributed by atoms with E-state index in [0.717, 1.165) is 19.8 Å². The van der Waals surface area contributed by atoms with Gasteiger partial charge < -0.3 is 5.32 Å². The second-order valence-corrected chi connectivity index (χ2v) is 3.27. The lowest BCUT2D eigenvalue weighted by Crippen LogP contribution is -2.48. The molecule has 0 unspecified atom stereocenters. The van der Waals surface area contributed by atoms with Crippen LogP contribution in [0.2, 0.25) is 0 Å². The molecule has 0 spiro atoms. The van der Waals surface area contributed by atoms with Gasteiger partial charge in [-0.3, -0.25) is 0 Å². The van der Waals surface area contributed by atoms with Crippen molar-refractivity contribution in [1.29, 1.82) is 0 Å². The number of rotatable bonds is 6. The summed E-state index contributed by atoms with van der Waals surface area (Å²) in [5.41, 5.74) is 0. The predicted octanol–water partition coefficient (Wildman–Crippen LogP) is 1.13. The van der Waals surface area contributed by atoms with E-state index in [0.29, 0.717) is 6.04 Å². The van der Waals surface area contributed by atoms with Crippen molar-refractivity contribution in [2.45, 2.75) is 33.7 Å². The van der Waals surface area contributed by atoms with Gasteiger partial charge in [-0.05, 0) is 20.4 Å². The van der Waals surface area contributed by atoms with E-state index in [4.69, 9.17) is 0 Å². The third-order valence-electron chi connectivity index (χ3n) is 2.02. The molecular weight excluding hydrogens is 150 g/mol. The molecule has 0 aliphatic carbocycles. The van der Waals surface area contributed by atoms with E-state index >= 15 is 0 Å². The lowest BCUT2D eigenvalue weighted by atomic mass is 10.4. The molecule has 0 rings (SSSR count). The van der Waals surface area contributed by atoms with Crippen LogP contribution in [0.15, 0.2) is 0 Å². The van der Waals surface area contributed by atoms with Crippen molar-refractivity contribution in [3.63, 3.8) is 0 Å². The number of hydrazine groups is 1. The first-order valence-corrected chi connectivity index (χ1v) is 4.81. The van der Waals surface area contributed by atoms with Gasteiger partial charge in [0.25, 0.3) is 0 Å². The maximum absolute atomic E-state index is 3.33. The van der Waals surface area contributed by atoms with Gasteiger partial charge in [-0.15, -0.1) is 0 Å². The van der Waals surface area contributed by atoms with Crippen LogP contribution in [0.25, 0.3) is 0 Å². The molecule has 0 aliphatic rings. The molecule has 0 heterocycles. The van der Waals surface area contributed by atoms with Gasteiger partial charge in [0, 0.05) is 19.6 Å². The van der Waals surface area contributed by atoms with Crippen LogP contribution >= 0.6 is 0 Å². The molecular formula is C9H23N3. The fraction of sp³-hybridized carbons (Fsp3) is 1.00. The van der Waals surface area contributed by atoms with Gasteiger partial charge in [-0.25, -0.2) is 10.0 Å². The van der Waals surface area contributed by atoms with Gasteiger partial charge in [-0.2, -0.15) is 0 Å². The summed E-state index contributed by atoms with van der Waals surface area (Å²) < 4.78 is 0. The van der Waals surface area contributed by atoms with Gasteiger partial charge >= 0.3 is 0 Å². The summed E-state index contributed by atoms with van der Waals surface area (Å²) in [6.45, 7) is 11.8. The normalized spacial score (nSPS) is 12.0. The zero-order valence-corrected chi connectivity index (χ0v) is 9.09. The molecule has 0 aliphatic heterocycles. The highest BCUT2D eigenvalue weighted by molar-refractivity contribution is 4.57. The molecule has 0 aromatic carbocycles. The average molecular weight is 173 g/mol. The number of hydrogen-bond donors (Lipinski definition) is 1. The lowest BCUT2D eigenvalue weighted by Gasteiger charge is -2.34. The summed E-state index contributed by atoms with van der Waals surface area (Å²) in [7, 11) is 2.12. The van der Waals surface area contributed by atoms with Crippen molar-refractivity contribution >= 4 is 0 Å². The molecule has 0 aromatic heterocycles. The Morgan fingerprint density at radius 2 is 1.83 bits per heavy atom. The Hall–Kier alpha value is -0.120. The largest absolute Gasteiger partial charge is 0.304 e. The quantitative estimate of drug-likeness (QED) is 0.480. The van der Waals surface area contributed by atoms with Crippen molar-refractivity contribution in [2.24, 2.45) is 0 Å². The second-order valence-electron chi connectivity index (χ2n) is 3.27. The summed E-state index contributed by atoms with van der Waals surface area (Å²) in [6.07, 6.45) is 0. The van der Waals surface area contributed by atoms with E-state index in [2.05, 4.69) is 50.1 Å². The molecule has 74 valence electrons. The molecule has 0 bridgehead atoms. The van der Waals surface area contributed by atoms with Crippen molar-refractivity contribution in [3.05, 3.63) is 0 Å². The fourth-order valence-electron chi connectivity index (χ4n) is 1.11. The third kappa shape index (κ3) is 4.04. The highest BCUT2D eigenvalue weighted by Gasteiger charge is 2.11. The van der Waals surface area contributed by atoms with Crippen LogP contribution in [0.4, 0.5) is 0 Å². The minimum absolute atomic E-state index is 0.564. The Bertz CT molecular complexity index is 104. The fourth-order valence-corrected chi connectivity index (χ4v) is 1.11. The molecule has 12 heavy (non-hydrogen) atoms. The maximum Gasteiger partial charge on any atom is 0.0625 e. The first-order chi connectivity index (χ1) is 5.63. The zero-order chi connectivity index (χ0) is 9.56. The molecule has 0 aromatic rings. The van der Waals surface area contributed by atoms with Crippen LogP contribution in [0.3, 0.4) is 0 Å². The average Bonchev–Trinajstić information content (AvgIpc) is 2.04. The van der Waals surface area contributed by atoms with E-state index in [1.165, 1.54) is 0 Å². The van der Waals surface area contributed by atoms with E-state index in [-0.39, 0.29) is 0 Å². The Balaban J connectivity index is 3.85. The molecule has 3 heteroatoms. The van der Waals surface area contributed by atoms with Crippen molar-refractivity contribution in [2.75, 3.05) is 26.8 Å². The highest BCUT2D eigenvalue weighted by atomic mass is 15.6. The number of nitrogens with zero attached hydrogens (tertiary/aromatic N) is 2. The van der Waals surface area contributed by atoms with E-state index in [1.54, 1.807) is 0 Å². The molecule has 0 atom stereocenters. The van der Waals surface area contributed by atoms with Crippen molar-refractivity contribution < 1.29 is 0 Å². The first kappa shape index (κ1) is 11.9. The monoisotopic (exact) mass is 173 g/mol. The van der Waals surface area contributed by atoms with Crippen LogP contribution in [0, 0.1) is 0 Å². The molecule has 0 fully saturated rings. The minimum atomic E-state index is 0.564. The smallest absolute Gasteiger partial charge is 0.0625 e. The molecule has 1 N–H and O–H groups in total. The predicted molar refractivity (Wildman–Crippen MR) is 53.8 cm³/mol. The molecule has 3 nitrogen and oxygen atoms in total. The standard InChI is InChI=1S/C9H23N3/c1-6-10-8-12(9(3)4)11(5)7-2/h9-10H,6-8H2,1-5H3. The topological polar surface area (TPSA) is 18.5 Å². The minimum Gasteiger partial charge on any atom is -0.304 e. The maximum atomic E-state index is 3.33. The summed E-state index contributed by atoms with van der Waals surface area (Å²) in [5, 5.41) is 7.90. The first-order valence-electron chi connectivity index (χ1n) is 4.81. The number of nitrogens with one attached hydrogen (secondary N) is 1. The molecule has 0 saturated heterocycles. The Labute approximate surface area is 76.7 Å². The van der Waals surface area contributed by atoms with E-state index in [1.807, 2.05) is 0 Å². The Kier molecular flexibility index (Phi) is 6.34. The van der Waals surface area contributed by atoms with Gasteiger partial charge in [0.15, 0.2) is 0 Å². The van der Waals surface area contributed by atoms with Crippen LogP contribution in [-0.2, 0) is 0 Å².